The van der Waals surface area contributed by atoms with E-state index in [0.717, 1.165) is 46.8 Å². The Morgan fingerprint density at radius 2 is 1.44 bits per heavy atom. The molecule has 2 N–H and O–H groups in total. The molecule has 16 heteroatoms. The molecule has 0 saturated carbocycles. The SMILES string of the molecule is BrCC1CCO1.CCOC(=O)c1n[nH]c2ccccc12.CCOC(=O)c1nn(CC2CCO2)c2ccccc12.O=C([O-])O.[Cs+].[Cs+]. The van der Waals surface area contributed by atoms with Crippen LogP contribution in [-0.4, -0.2) is 87.1 Å². The Morgan fingerprint density at radius 3 is 1.93 bits per heavy atom. The van der Waals surface area contributed by atoms with E-state index in [9.17, 15) is 9.59 Å². The molecular formula is C29H34BrCs2N4O9+. The number of carboxylic acid groups (broad SMARTS) is 2. The van der Waals surface area contributed by atoms with E-state index in [2.05, 4.69) is 31.2 Å². The van der Waals surface area contributed by atoms with Crippen LogP contribution in [0.15, 0.2) is 48.5 Å². The molecule has 2 aliphatic rings. The molecule has 45 heavy (non-hydrogen) atoms. The van der Waals surface area contributed by atoms with Gasteiger partial charge in [-0.1, -0.05) is 52.3 Å². The predicted molar refractivity (Wildman–Crippen MR) is 158 cm³/mol. The number of hydrogen-bond donors (Lipinski definition) is 2. The van der Waals surface area contributed by atoms with Crippen LogP contribution in [0.1, 0.15) is 47.7 Å². The number of ether oxygens (including phenoxy) is 4. The summed E-state index contributed by atoms with van der Waals surface area (Å²) >= 11 is 3.30. The molecule has 2 aromatic heterocycles. The Bertz CT molecular complexity index is 1490. The van der Waals surface area contributed by atoms with Gasteiger partial charge >= 0.3 is 150 Å². The number of alkyl halides is 1. The summed E-state index contributed by atoms with van der Waals surface area (Å²) < 4.78 is 22.2. The molecule has 2 unspecified atom stereocenters. The number of carbonyl (C=O) groups is 3. The van der Waals surface area contributed by atoms with E-state index in [4.69, 9.17) is 34.0 Å². The summed E-state index contributed by atoms with van der Waals surface area (Å²) in [5, 5.41) is 29.0. The predicted octanol–water partition coefficient (Wildman–Crippen LogP) is -2.19. The van der Waals surface area contributed by atoms with Crippen LogP contribution in [0.25, 0.3) is 21.8 Å². The number of nitrogens with one attached hydrogen (secondary N) is 1. The van der Waals surface area contributed by atoms with Crippen molar-refractivity contribution in [3.8, 4) is 0 Å². The molecule has 2 saturated heterocycles. The third kappa shape index (κ3) is 13.9. The van der Waals surface area contributed by atoms with Crippen molar-refractivity contribution >= 4 is 55.8 Å². The second-order valence-corrected chi connectivity index (χ2v) is 9.74. The molecule has 232 valence electrons. The number of H-pyrrole nitrogens is 1. The number of fused-ring (bicyclic) bond motifs is 2. The van der Waals surface area contributed by atoms with Crippen molar-refractivity contribution in [2.45, 2.75) is 45.4 Å². The Labute approximate surface area is 386 Å². The molecule has 4 heterocycles. The minimum Gasteiger partial charge on any atom is -0.565 e. The number of hydrogen-bond acceptors (Lipinski definition) is 10. The van der Waals surface area contributed by atoms with Gasteiger partial charge < -0.3 is 34.0 Å². The van der Waals surface area contributed by atoms with Crippen LogP contribution < -0.4 is 143 Å². The van der Waals surface area contributed by atoms with Gasteiger partial charge in [-0.2, -0.15) is 10.2 Å². The zero-order valence-corrected chi connectivity index (χ0v) is 40.0. The van der Waals surface area contributed by atoms with E-state index < -0.39 is 6.16 Å². The zero-order valence-electron chi connectivity index (χ0n) is 25.9. The Balaban J connectivity index is 0.000000342. The number of rotatable bonds is 7. The molecule has 0 aliphatic carbocycles. The van der Waals surface area contributed by atoms with Crippen LogP contribution in [0.5, 0.6) is 0 Å². The monoisotopic (exact) mass is 927 g/mol. The molecule has 2 aromatic carbocycles. The van der Waals surface area contributed by atoms with Gasteiger partial charge in [0, 0.05) is 29.3 Å². The minimum absolute atomic E-state index is 0. The summed E-state index contributed by atoms with van der Waals surface area (Å²) in [5.74, 6) is -0.753. The number of para-hydroxylation sites is 2. The van der Waals surface area contributed by atoms with Crippen molar-refractivity contribution in [2.24, 2.45) is 0 Å². The van der Waals surface area contributed by atoms with E-state index in [-0.39, 0.29) is 156 Å². The normalized spacial score (nSPS) is 15.8. The van der Waals surface area contributed by atoms with Crippen LogP contribution in [0.2, 0.25) is 0 Å². The summed E-state index contributed by atoms with van der Waals surface area (Å²) in [6, 6.07) is 15.1. The van der Waals surface area contributed by atoms with Crippen molar-refractivity contribution in [1.82, 2.24) is 20.0 Å². The van der Waals surface area contributed by atoms with Crippen LogP contribution in [0.4, 0.5) is 4.79 Å². The van der Waals surface area contributed by atoms with Gasteiger partial charge in [0.2, 0.25) is 6.16 Å². The first-order chi connectivity index (χ1) is 20.8. The zero-order chi connectivity index (χ0) is 31.2. The fraction of sp³-hybridized carbons (Fsp3) is 0.414. The number of carbonyl (C=O) groups excluding carboxylic acids is 2. The van der Waals surface area contributed by atoms with Crippen LogP contribution in [0, 0.1) is 0 Å². The minimum atomic E-state index is -2.08. The van der Waals surface area contributed by atoms with Gasteiger partial charge in [0.15, 0.2) is 11.4 Å². The van der Waals surface area contributed by atoms with Gasteiger partial charge in [0.25, 0.3) is 0 Å². The van der Waals surface area contributed by atoms with Crippen LogP contribution in [0.3, 0.4) is 0 Å². The summed E-state index contributed by atoms with van der Waals surface area (Å²) in [5.41, 5.74) is 2.52. The topological polar surface area (TPSA) is 178 Å². The summed E-state index contributed by atoms with van der Waals surface area (Å²) in [4.78, 5) is 31.8. The molecule has 0 amide bonds. The fourth-order valence-corrected chi connectivity index (χ4v) is 4.47. The quantitative estimate of drug-likeness (QED) is 0.152. The first-order valence-electron chi connectivity index (χ1n) is 13.7. The number of nitrogens with zero attached hydrogens (tertiary/aromatic N) is 3. The molecular weight excluding hydrogens is 894 g/mol. The largest absolute Gasteiger partial charge is 1.00 e. The maximum absolute atomic E-state index is 11.9. The summed E-state index contributed by atoms with van der Waals surface area (Å²) in [6.45, 7) is 6.74. The second kappa shape index (κ2) is 23.4. The van der Waals surface area contributed by atoms with E-state index in [1.165, 1.54) is 6.42 Å². The van der Waals surface area contributed by atoms with Crippen molar-refractivity contribution in [2.75, 3.05) is 31.8 Å². The van der Waals surface area contributed by atoms with Gasteiger partial charge in [-0.05, 0) is 38.8 Å². The van der Waals surface area contributed by atoms with E-state index in [1.54, 1.807) is 13.8 Å². The smallest absolute Gasteiger partial charge is 0.565 e. The average Bonchev–Trinajstić information content (AvgIpc) is 3.53. The third-order valence-corrected chi connectivity index (χ3v) is 6.92. The first-order valence-corrected chi connectivity index (χ1v) is 14.8. The Morgan fingerprint density at radius 1 is 0.933 bits per heavy atom. The Hall–Kier alpha value is 0.0939. The number of esters is 2. The van der Waals surface area contributed by atoms with Crippen molar-refractivity contribution in [3.05, 3.63) is 59.9 Å². The van der Waals surface area contributed by atoms with Gasteiger partial charge in [0.05, 0.1) is 43.0 Å². The molecule has 2 atom stereocenters. The summed E-state index contributed by atoms with van der Waals surface area (Å²) in [6.07, 6.45) is 0.942. The average molecular weight is 928 g/mol. The second-order valence-electron chi connectivity index (χ2n) is 9.09. The fourth-order valence-electron chi connectivity index (χ4n) is 3.96. The number of aromatic amines is 1. The van der Waals surface area contributed by atoms with Gasteiger partial charge in [-0.15, -0.1) is 0 Å². The van der Waals surface area contributed by atoms with E-state index >= 15 is 0 Å². The first kappa shape index (κ1) is 43.1. The van der Waals surface area contributed by atoms with Crippen molar-refractivity contribution in [3.63, 3.8) is 0 Å². The molecule has 4 aromatic rings. The van der Waals surface area contributed by atoms with Crippen molar-refractivity contribution < 1.29 is 181 Å². The number of halogens is 1. The van der Waals surface area contributed by atoms with Crippen LogP contribution in [-0.2, 0) is 25.5 Å². The molecule has 2 aliphatic heterocycles. The molecule has 0 bridgehead atoms. The molecule has 0 radical (unpaired) electrons. The molecule has 13 nitrogen and oxygen atoms in total. The van der Waals surface area contributed by atoms with Gasteiger partial charge in [0.1, 0.15) is 0 Å². The maximum atomic E-state index is 11.9. The third-order valence-electron chi connectivity index (χ3n) is 6.20. The van der Waals surface area contributed by atoms with Gasteiger partial charge in [-0.3, -0.25) is 9.78 Å². The Kier molecular flexibility index (Phi) is 22.5. The number of benzene rings is 2. The molecule has 6 rings (SSSR count). The van der Waals surface area contributed by atoms with E-state index in [1.807, 2.05) is 53.2 Å². The van der Waals surface area contributed by atoms with Crippen molar-refractivity contribution in [1.29, 1.82) is 0 Å². The van der Waals surface area contributed by atoms with Crippen LogP contribution >= 0.6 is 15.9 Å². The van der Waals surface area contributed by atoms with E-state index in [0.29, 0.717) is 37.3 Å². The van der Waals surface area contributed by atoms with Gasteiger partial charge in [-0.25, -0.2) is 9.59 Å². The molecule has 0 spiro atoms. The summed E-state index contributed by atoms with van der Waals surface area (Å²) in [7, 11) is 0. The number of aromatic nitrogens is 4. The standard InChI is InChI=1S/C14H16N2O3.C10H10N2O2.C4H7BrO.CH2O3.2Cs/c1-2-18-14(17)13-11-5-3-4-6-12(11)16(15-13)9-10-7-8-19-10;1-2-14-10(13)9-7-5-3-4-6-8(7)11-12-9;5-3-4-1-2-6-4;2-1(3)4;;/h3-6,10H,2,7-9H2,1H3;3-6H,2H2,1H3,(H,11,12);4H,1-3H2;(H2,2,3,4);;/q;;;;2*+1/p-1. The maximum Gasteiger partial charge on any atom is 1.00 e. The molecule has 2 fully saturated rings.